The number of pyridine rings is 1. The summed E-state index contributed by atoms with van der Waals surface area (Å²) in [6.07, 6.45) is 3.97. The molecular formula is C14H14N2OS. The summed E-state index contributed by atoms with van der Waals surface area (Å²) in [7, 11) is 0. The van der Waals surface area contributed by atoms with Crippen LogP contribution in [0, 0.1) is 0 Å². The van der Waals surface area contributed by atoms with Crippen LogP contribution in [0.5, 0.6) is 0 Å². The molecule has 2 aromatic rings. The van der Waals surface area contributed by atoms with Crippen molar-refractivity contribution in [3.63, 3.8) is 0 Å². The fraction of sp³-hybridized carbons (Fsp3) is 0.286. The molecule has 18 heavy (non-hydrogen) atoms. The Hall–Kier alpha value is -1.68. The van der Waals surface area contributed by atoms with Gasteiger partial charge in [0.25, 0.3) is 5.91 Å². The quantitative estimate of drug-likeness (QED) is 0.916. The first-order valence-corrected chi connectivity index (χ1v) is 6.91. The van der Waals surface area contributed by atoms with E-state index < -0.39 is 0 Å². The summed E-state index contributed by atoms with van der Waals surface area (Å²) in [5.41, 5.74) is 0.679. The fourth-order valence-electron chi connectivity index (χ4n) is 2.08. The van der Waals surface area contributed by atoms with Crippen molar-refractivity contribution in [1.29, 1.82) is 0 Å². The lowest BCUT2D eigenvalue weighted by molar-refractivity contribution is 0.0945. The summed E-state index contributed by atoms with van der Waals surface area (Å²) in [6, 6.07) is 9.60. The van der Waals surface area contributed by atoms with Crippen LogP contribution in [0.4, 0.5) is 0 Å². The molecule has 2 heterocycles. The molecule has 2 aromatic heterocycles. The van der Waals surface area contributed by atoms with Crippen LogP contribution in [0.1, 0.15) is 28.2 Å². The first kappa shape index (κ1) is 11.4. The van der Waals surface area contributed by atoms with Gasteiger partial charge in [0, 0.05) is 23.0 Å². The van der Waals surface area contributed by atoms with Crippen molar-refractivity contribution in [1.82, 2.24) is 10.3 Å². The zero-order chi connectivity index (χ0) is 12.4. The Bertz CT molecular complexity index is 532. The highest BCUT2D eigenvalue weighted by Gasteiger charge is 2.45. The van der Waals surface area contributed by atoms with Crippen LogP contribution < -0.4 is 5.32 Å². The number of rotatable bonds is 4. The molecular weight excluding hydrogens is 244 g/mol. The lowest BCUT2D eigenvalue weighted by Crippen LogP contribution is -2.32. The third-order valence-corrected chi connectivity index (χ3v) is 4.50. The fourth-order valence-corrected chi connectivity index (χ4v) is 3.07. The van der Waals surface area contributed by atoms with E-state index in [1.807, 2.05) is 12.1 Å². The smallest absolute Gasteiger partial charge is 0.269 e. The van der Waals surface area contributed by atoms with Gasteiger partial charge in [-0.2, -0.15) is 0 Å². The number of thiophene rings is 1. The van der Waals surface area contributed by atoms with Gasteiger partial charge in [0.1, 0.15) is 5.69 Å². The molecule has 1 N–H and O–H groups in total. The van der Waals surface area contributed by atoms with Gasteiger partial charge in [0.15, 0.2) is 0 Å². The van der Waals surface area contributed by atoms with E-state index in [-0.39, 0.29) is 11.3 Å². The van der Waals surface area contributed by atoms with E-state index in [1.165, 1.54) is 4.88 Å². The Morgan fingerprint density at radius 2 is 2.22 bits per heavy atom. The molecule has 0 aliphatic heterocycles. The molecule has 1 aliphatic rings. The van der Waals surface area contributed by atoms with Crippen molar-refractivity contribution in [3.8, 4) is 0 Å². The normalized spacial score (nSPS) is 16.2. The van der Waals surface area contributed by atoms with Crippen molar-refractivity contribution in [2.24, 2.45) is 0 Å². The number of aromatic nitrogens is 1. The second-order valence-corrected chi connectivity index (χ2v) is 5.60. The zero-order valence-corrected chi connectivity index (χ0v) is 10.7. The van der Waals surface area contributed by atoms with Crippen LogP contribution >= 0.6 is 11.3 Å². The number of carbonyl (C=O) groups is 1. The molecule has 0 atom stereocenters. The van der Waals surface area contributed by atoms with Gasteiger partial charge in [-0.3, -0.25) is 9.78 Å². The van der Waals surface area contributed by atoms with Gasteiger partial charge in [-0.25, -0.2) is 0 Å². The Morgan fingerprint density at radius 3 is 2.83 bits per heavy atom. The maximum absolute atomic E-state index is 11.9. The first-order chi connectivity index (χ1) is 8.80. The van der Waals surface area contributed by atoms with Crippen LogP contribution in [0.2, 0.25) is 0 Å². The molecule has 4 heteroatoms. The molecule has 1 fully saturated rings. The molecule has 1 amide bonds. The van der Waals surface area contributed by atoms with E-state index in [0.717, 1.165) is 12.8 Å². The SMILES string of the molecule is O=C(NCC1(c2cccs2)CC1)c1ccccn1. The van der Waals surface area contributed by atoms with E-state index >= 15 is 0 Å². The van der Waals surface area contributed by atoms with Gasteiger partial charge >= 0.3 is 0 Å². The van der Waals surface area contributed by atoms with Crippen molar-refractivity contribution >= 4 is 17.2 Å². The van der Waals surface area contributed by atoms with E-state index in [4.69, 9.17) is 0 Å². The average Bonchev–Trinajstić information content (AvgIpc) is 3.00. The third kappa shape index (κ3) is 2.16. The van der Waals surface area contributed by atoms with Crippen molar-refractivity contribution in [2.75, 3.05) is 6.54 Å². The van der Waals surface area contributed by atoms with Gasteiger partial charge in [-0.1, -0.05) is 12.1 Å². The molecule has 0 bridgehead atoms. The van der Waals surface area contributed by atoms with Crippen molar-refractivity contribution in [3.05, 3.63) is 52.5 Å². The number of amides is 1. The Morgan fingerprint density at radius 1 is 1.33 bits per heavy atom. The molecule has 1 aliphatic carbocycles. The molecule has 3 rings (SSSR count). The van der Waals surface area contributed by atoms with E-state index in [0.29, 0.717) is 12.2 Å². The maximum atomic E-state index is 11.9. The first-order valence-electron chi connectivity index (χ1n) is 6.03. The summed E-state index contributed by atoms with van der Waals surface area (Å²) in [5.74, 6) is -0.0848. The highest BCUT2D eigenvalue weighted by Crippen LogP contribution is 2.49. The number of nitrogens with one attached hydrogen (secondary N) is 1. The number of hydrogen-bond donors (Lipinski definition) is 1. The maximum Gasteiger partial charge on any atom is 0.269 e. The monoisotopic (exact) mass is 258 g/mol. The van der Waals surface area contributed by atoms with Gasteiger partial charge < -0.3 is 5.32 Å². The van der Waals surface area contributed by atoms with Crippen LogP contribution in [0.15, 0.2) is 41.9 Å². The molecule has 0 spiro atoms. The molecule has 3 nitrogen and oxygen atoms in total. The lowest BCUT2D eigenvalue weighted by Gasteiger charge is -2.14. The Balaban J connectivity index is 1.64. The van der Waals surface area contributed by atoms with Gasteiger partial charge in [-0.15, -0.1) is 11.3 Å². The second-order valence-electron chi connectivity index (χ2n) is 4.66. The largest absolute Gasteiger partial charge is 0.350 e. The number of carbonyl (C=O) groups excluding carboxylic acids is 1. The average molecular weight is 258 g/mol. The predicted octanol–water partition coefficient (Wildman–Crippen LogP) is 2.60. The van der Waals surface area contributed by atoms with E-state index in [2.05, 4.69) is 27.8 Å². The van der Waals surface area contributed by atoms with Gasteiger partial charge in [-0.05, 0) is 36.4 Å². The van der Waals surface area contributed by atoms with Crippen LogP contribution in [-0.4, -0.2) is 17.4 Å². The van der Waals surface area contributed by atoms with Crippen LogP contribution in [-0.2, 0) is 5.41 Å². The van der Waals surface area contributed by atoms with Crippen LogP contribution in [0.3, 0.4) is 0 Å². The molecule has 0 saturated heterocycles. The Kier molecular flexibility index (Phi) is 2.88. The predicted molar refractivity (Wildman–Crippen MR) is 71.8 cm³/mol. The topological polar surface area (TPSA) is 42.0 Å². The van der Waals surface area contributed by atoms with Crippen molar-refractivity contribution < 1.29 is 4.79 Å². The minimum absolute atomic E-state index is 0.0848. The molecule has 0 aromatic carbocycles. The zero-order valence-electron chi connectivity index (χ0n) is 9.93. The van der Waals surface area contributed by atoms with Crippen LogP contribution in [0.25, 0.3) is 0 Å². The van der Waals surface area contributed by atoms with Gasteiger partial charge in [0.2, 0.25) is 0 Å². The minimum Gasteiger partial charge on any atom is -0.350 e. The highest BCUT2D eigenvalue weighted by molar-refractivity contribution is 7.10. The number of hydrogen-bond acceptors (Lipinski definition) is 3. The standard InChI is InChI=1S/C14H14N2OS/c17-13(11-4-1-2-8-15-11)16-10-14(6-7-14)12-5-3-9-18-12/h1-5,8-9H,6-7,10H2,(H,16,17). The number of nitrogens with zero attached hydrogens (tertiary/aromatic N) is 1. The molecule has 92 valence electrons. The summed E-state index contributed by atoms with van der Waals surface area (Å²) in [4.78, 5) is 17.4. The second kappa shape index (κ2) is 4.53. The third-order valence-electron chi connectivity index (χ3n) is 3.38. The minimum atomic E-state index is -0.0848. The summed E-state index contributed by atoms with van der Waals surface area (Å²) < 4.78 is 0. The van der Waals surface area contributed by atoms with Gasteiger partial charge in [0.05, 0.1) is 0 Å². The molecule has 1 saturated carbocycles. The summed E-state index contributed by atoms with van der Waals surface area (Å²) in [6.45, 7) is 0.711. The summed E-state index contributed by atoms with van der Waals surface area (Å²) in [5, 5.41) is 5.09. The van der Waals surface area contributed by atoms with E-state index in [9.17, 15) is 4.79 Å². The molecule has 0 unspecified atom stereocenters. The van der Waals surface area contributed by atoms with Crippen molar-refractivity contribution in [2.45, 2.75) is 18.3 Å². The molecule has 0 radical (unpaired) electrons. The summed E-state index contributed by atoms with van der Waals surface area (Å²) >= 11 is 1.77. The van der Waals surface area contributed by atoms with E-state index in [1.54, 1.807) is 23.6 Å². The highest BCUT2D eigenvalue weighted by atomic mass is 32.1. The Labute approximate surface area is 110 Å². The lowest BCUT2D eigenvalue weighted by atomic mass is 10.1.